The molecule has 0 heterocycles. The van der Waals surface area contributed by atoms with E-state index in [1.807, 2.05) is 96.9 Å². The Balaban J connectivity index is -0.000000148. The Labute approximate surface area is 684 Å². The van der Waals surface area contributed by atoms with Crippen LogP contribution in [0.1, 0.15) is 487 Å². The third-order valence-electron chi connectivity index (χ3n) is 30.2. The fourth-order valence-electron chi connectivity index (χ4n) is 17.8. The van der Waals surface area contributed by atoms with E-state index in [1.54, 1.807) is 55.4 Å². The molecule has 0 aromatic heterocycles. The standard InChI is InChI=1S/C14H29F.3C12H25F.2C11H23F.2C10H21F.C8H17F/c1-8-12(5,9-2)14(7,15)13(6,10-3)11-4;1-8(2)11(9(3)4)12(7,13)10(5)6;1-7-8-12(6,13)11(9(2)3)10(4)5;1-6-10(7-2)12(5,13)11(8-3)9-4;1-7-10(5,8-2)11(6,12)9(3)4;1-6-9-11(5,12)10(4,7-2)8-3;1-6-9(7-2)10(5,11)8(3)4;1-5-8-10(4,11)9(6-2)7-3;1-6(2)8(5,9)7(3)4/h8-11H2,1-7H3;8-11H,1-7H3;9-11H,7-8H2,1-6H3;10-11H,6-9H2,1-5H3;9H,7-8H2,1-6H3;6-9H2,1-5H3;8-9H,6-7H2,1-5H3;9H,5-8H2,1-4H3;6-7H,1-5H3/t;2*12-;;2*11-;2*10-;/m.00.0000./s1. The monoisotopic (exact) mass is 1580 g/mol. The fourth-order valence-corrected chi connectivity index (χ4v) is 17.8. The minimum absolute atomic E-state index is 0.0994. The van der Waals surface area contributed by atoms with Crippen LogP contribution in [0.15, 0.2) is 0 Å². The van der Waals surface area contributed by atoms with Gasteiger partial charge in [0.2, 0.25) is 0 Å². The van der Waals surface area contributed by atoms with E-state index in [0.717, 1.165) is 122 Å². The van der Waals surface area contributed by atoms with Gasteiger partial charge in [-0.3, -0.25) is 0 Å². The van der Waals surface area contributed by atoms with Crippen molar-refractivity contribution in [2.45, 2.75) is 538 Å². The van der Waals surface area contributed by atoms with Gasteiger partial charge >= 0.3 is 0 Å². The second-order valence-electron chi connectivity index (χ2n) is 39.6. The summed E-state index contributed by atoms with van der Waals surface area (Å²) >= 11 is 0. The van der Waals surface area contributed by atoms with Gasteiger partial charge < -0.3 is 0 Å². The van der Waals surface area contributed by atoms with Crippen LogP contribution in [0.25, 0.3) is 0 Å². The van der Waals surface area contributed by atoms with Crippen molar-refractivity contribution >= 4 is 0 Å². The second kappa shape index (κ2) is 58.3. The molecule has 9 heteroatoms. The summed E-state index contributed by atoms with van der Waals surface area (Å²) < 4.78 is 128. The smallest absolute Gasteiger partial charge is 0.118 e. The first kappa shape index (κ1) is 127. The second-order valence-corrected chi connectivity index (χ2v) is 39.6. The number of hydrogen-bond donors (Lipinski definition) is 0. The van der Waals surface area contributed by atoms with Crippen LogP contribution in [0, 0.1) is 110 Å². The molecule has 0 rings (SSSR count). The van der Waals surface area contributed by atoms with E-state index in [1.165, 1.54) is 0 Å². The number of rotatable bonds is 41. The van der Waals surface area contributed by atoms with Gasteiger partial charge in [0, 0.05) is 21.7 Å². The lowest BCUT2D eigenvalue weighted by Gasteiger charge is -2.51. The number of hydrogen-bond acceptors (Lipinski definition) is 0. The van der Waals surface area contributed by atoms with Gasteiger partial charge in [-0.15, -0.1) is 0 Å². The molecule has 0 aliphatic heterocycles. The van der Waals surface area contributed by atoms with Gasteiger partial charge in [0.1, 0.15) is 51.0 Å². The van der Waals surface area contributed by atoms with E-state index >= 15 is 4.39 Å². The molecular formula is C100H209F9. The zero-order chi connectivity index (χ0) is 89.7. The molecule has 0 aliphatic rings. The Morgan fingerprint density at radius 1 is 0.211 bits per heavy atom. The molecular weight excluding hydrogens is 1370 g/mol. The summed E-state index contributed by atoms with van der Waals surface area (Å²) in [6.07, 6.45) is 19.9. The van der Waals surface area contributed by atoms with Crippen LogP contribution in [-0.2, 0) is 0 Å². The molecule has 672 valence electrons. The third kappa shape index (κ3) is 41.6. The van der Waals surface area contributed by atoms with Crippen molar-refractivity contribution in [2.75, 3.05) is 0 Å². The van der Waals surface area contributed by atoms with Crippen molar-refractivity contribution in [2.24, 2.45) is 110 Å². The molecule has 0 spiro atoms. The zero-order valence-electron chi connectivity index (χ0n) is 84.1. The molecule has 0 fully saturated rings. The first-order valence-corrected chi connectivity index (χ1v) is 46.2. The molecule has 109 heavy (non-hydrogen) atoms. The largest absolute Gasteiger partial charge is 0.244 e. The Morgan fingerprint density at radius 3 is 0.578 bits per heavy atom. The van der Waals surface area contributed by atoms with Crippen molar-refractivity contribution in [3.05, 3.63) is 0 Å². The van der Waals surface area contributed by atoms with E-state index in [4.69, 9.17) is 0 Å². The van der Waals surface area contributed by atoms with E-state index in [0.29, 0.717) is 42.9 Å². The normalized spacial score (nSPS) is 16.1. The van der Waals surface area contributed by atoms with Crippen molar-refractivity contribution < 1.29 is 39.5 Å². The van der Waals surface area contributed by atoms with E-state index in [9.17, 15) is 35.1 Å². The summed E-state index contributed by atoms with van der Waals surface area (Å²) in [4.78, 5) is 0. The van der Waals surface area contributed by atoms with Gasteiger partial charge in [0.05, 0.1) is 0 Å². The summed E-state index contributed by atoms with van der Waals surface area (Å²) in [7, 11) is 0. The van der Waals surface area contributed by atoms with Gasteiger partial charge in [0.15, 0.2) is 0 Å². The molecule has 0 saturated carbocycles. The summed E-state index contributed by atoms with van der Waals surface area (Å²) in [6, 6.07) is 0. The highest BCUT2D eigenvalue weighted by molar-refractivity contribution is 5.03. The van der Waals surface area contributed by atoms with Crippen LogP contribution >= 0.6 is 0 Å². The maximum Gasteiger partial charge on any atom is 0.118 e. The number of alkyl halides is 9. The minimum atomic E-state index is -1.09. The van der Waals surface area contributed by atoms with Gasteiger partial charge in [-0.05, 0) is 222 Å². The van der Waals surface area contributed by atoms with Crippen molar-refractivity contribution in [1.29, 1.82) is 0 Å². The summed E-state index contributed by atoms with van der Waals surface area (Å²) in [6.45, 7) is 100.0. The lowest BCUT2D eigenvalue weighted by molar-refractivity contribution is -0.0946. The lowest BCUT2D eigenvalue weighted by atomic mass is 9.57. The average molecular weight is 1580 g/mol. The predicted octanol–water partition coefficient (Wildman–Crippen LogP) is 38.0. The molecule has 6 atom stereocenters. The minimum Gasteiger partial charge on any atom is -0.244 e. The molecule has 0 N–H and O–H groups in total. The fraction of sp³-hybridized carbons (Fsp3) is 1.00. The maximum atomic E-state index is 15.2. The molecule has 0 saturated heterocycles. The topological polar surface area (TPSA) is 0 Å². The summed E-state index contributed by atoms with van der Waals surface area (Å²) in [5, 5.41) is 0. The highest BCUT2D eigenvalue weighted by atomic mass is 19.2. The maximum absolute atomic E-state index is 15.2. The molecule has 0 radical (unpaired) electrons. The van der Waals surface area contributed by atoms with Crippen LogP contribution in [0.3, 0.4) is 0 Å². The van der Waals surface area contributed by atoms with Crippen LogP contribution < -0.4 is 0 Å². The van der Waals surface area contributed by atoms with Crippen LogP contribution in [0.4, 0.5) is 39.5 Å². The Hall–Kier alpha value is -0.630. The van der Waals surface area contributed by atoms with E-state index < -0.39 is 51.0 Å². The van der Waals surface area contributed by atoms with Gasteiger partial charge in [-0.2, -0.15) is 0 Å². The summed E-state index contributed by atoms with van der Waals surface area (Å²) in [5.41, 5.74) is -9.74. The van der Waals surface area contributed by atoms with Gasteiger partial charge in [-0.25, -0.2) is 39.5 Å². The average Bonchev–Trinajstić information content (AvgIpc) is 0.761. The van der Waals surface area contributed by atoms with Crippen LogP contribution in [0.2, 0.25) is 0 Å². The molecule has 0 aliphatic carbocycles. The SMILES string of the molecule is CC(C)C(C(C)C)[C@@](C)(F)C(C)C.CC(C)C(C)(F)C(C)C.CCC(C)(CC)C(C)(F)C(C)(CC)CC.CCC(C)(CC)[C@@](C)(F)C(C)C.CCC(CC)C(C)(F)C(CC)CC.CCC(CC)[C@@](C)(F)C(C)C.CCC[C@](C)(F)C(C(C)C)C(C)C.CCC[C@](C)(F)C(C)(CC)CC.CCC[C@](C)(F)C(CC)CC. The van der Waals surface area contributed by atoms with Gasteiger partial charge in [-0.1, -0.05) is 355 Å². The first-order chi connectivity index (χ1) is 49.0. The quantitative estimate of drug-likeness (QED) is 0.0535. The molecule has 0 bridgehead atoms. The van der Waals surface area contributed by atoms with Crippen LogP contribution in [-0.4, -0.2) is 51.0 Å². The van der Waals surface area contributed by atoms with Crippen molar-refractivity contribution in [1.82, 2.24) is 0 Å². The third-order valence-corrected chi connectivity index (χ3v) is 30.2. The number of halogens is 9. The van der Waals surface area contributed by atoms with E-state index in [-0.39, 0.29) is 86.8 Å². The molecule has 0 aromatic rings. The first-order valence-electron chi connectivity index (χ1n) is 46.2. The molecule has 0 nitrogen and oxygen atoms in total. The van der Waals surface area contributed by atoms with Crippen LogP contribution in [0.5, 0.6) is 0 Å². The zero-order valence-corrected chi connectivity index (χ0v) is 84.1. The van der Waals surface area contributed by atoms with Gasteiger partial charge in [0.25, 0.3) is 0 Å². The molecule has 0 amide bonds. The lowest BCUT2D eigenvalue weighted by Crippen LogP contribution is -2.51. The Morgan fingerprint density at radius 2 is 0.431 bits per heavy atom. The highest BCUT2D eigenvalue weighted by Crippen LogP contribution is 2.54. The summed E-state index contributed by atoms with van der Waals surface area (Å²) in [5.74, 6) is 3.56. The van der Waals surface area contributed by atoms with Crippen molar-refractivity contribution in [3.8, 4) is 0 Å². The Kier molecular flexibility index (Phi) is 67.7. The predicted molar refractivity (Wildman–Crippen MR) is 482 cm³/mol. The molecule has 0 unspecified atom stereocenters. The highest BCUT2D eigenvalue weighted by Gasteiger charge is 2.54. The molecule has 0 aromatic carbocycles. The van der Waals surface area contributed by atoms with E-state index in [2.05, 4.69) is 194 Å². The van der Waals surface area contributed by atoms with Crippen molar-refractivity contribution in [3.63, 3.8) is 0 Å². The Bertz CT molecular complexity index is 1970.